The van der Waals surface area contributed by atoms with Gasteiger partial charge in [0.1, 0.15) is 11.3 Å². The zero-order chi connectivity index (χ0) is 22.7. The lowest BCUT2D eigenvalue weighted by Crippen LogP contribution is -2.54. The molecule has 31 heavy (non-hydrogen) atoms. The number of hydrogen-bond acceptors (Lipinski definition) is 7. The second-order valence-corrected chi connectivity index (χ2v) is 6.96. The molecule has 12 heteroatoms. The molecule has 2 N–H and O–H groups in total. The number of carboxylic acid groups (broad SMARTS) is 1. The van der Waals surface area contributed by atoms with Gasteiger partial charge in [0.05, 0.1) is 15.1 Å². The third-order valence-corrected chi connectivity index (χ3v) is 4.64. The van der Waals surface area contributed by atoms with Crippen molar-refractivity contribution in [3.63, 3.8) is 0 Å². The van der Waals surface area contributed by atoms with E-state index in [9.17, 15) is 29.3 Å². The highest BCUT2D eigenvalue weighted by Crippen LogP contribution is 2.29. The minimum absolute atomic E-state index is 0.0753. The number of nitro groups is 1. The molecule has 1 saturated heterocycles. The van der Waals surface area contributed by atoms with E-state index in [2.05, 4.69) is 15.9 Å². The molecule has 0 aromatic heterocycles. The Balaban J connectivity index is 1.94. The summed E-state index contributed by atoms with van der Waals surface area (Å²) in [5.41, 5.74) is -0.409. The molecule has 3 rings (SSSR count). The van der Waals surface area contributed by atoms with E-state index >= 15 is 0 Å². The molecule has 0 bridgehead atoms. The number of nitrogens with zero attached hydrogens (tertiary/aromatic N) is 2. The Hall–Kier alpha value is -4.06. The van der Waals surface area contributed by atoms with Gasteiger partial charge in [-0.25, -0.2) is 14.5 Å². The van der Waals surface area contributed by atoms with Crippen molar-refractivity contribution in [2.24, 2.45) is 0 Å². The van der Waals surface area contributed by atoms with Crippen LogP contribution < -0.4 is 15.0 Å². The maximum atomic E-state index is 12.9. The number of barbiturate groups is 1. The van der Waals surface area contributed by atoms with Gasteiger partial charge >= 0.3 is 12.0 Å². The van der Waals surface area contributed by atoms with Crippen molar-refractivity contribution in [3.8, 4) is 5.75 Å². The van der Waals surface area contributed by atoms with Crippen molar-refractivity contribution in [3.05, 3.63) is 68.2 Å². The SMILES string of the molecule is O=C(O)COc1ccc(C=C2C(=O)NC(=O)N(c3cccc([N+](=O)[O-])c3)C2=O)cc1Br. The standard InChI is InChI=1S/C19H12BrN3O8/c20-14-7-10(4-5-15(14)31-9-16(24)25)6-13-17(26)21-19(28)22(18(13)27)11-2-1-3-12(8-11)23(29)30/h1-8H,9H2,(H,24,25)(H,21,26,28). The fourth-order valence-corrected chi connectivity index (χ4v) is 3.18. The predicted molar refractivity (Wildman–Crippen MR) is 109 cm³/mol. The van der Waals surface area contributed by atoms with Crippen molar-refractivity contribution < 1.29 is 33.9 Å². The van der Waals surface area contributed by atoms with Gasteiger partial charge in [0.2, 0.25) is 0 Å². The van der Waals surface area contributed by atoms with Crippen LogP contribution in [-0.4, -0.2) is 40.5 Å². The third-order valence-electron chi connectivity index (χ3n) is 4.02. The lowest BCUT2D eigenvalue weighted by molar-refractivity contribution is -0.384. The summed E-state index contributed by atoms with van der Waals surface area (Å²) in [6.07, 6.45) is 1.22. The number of amides is 4. The Bertz CT molecular complexity index is 1160. The Morgan fingerprint density at radius 3 is 2.61 bits per heavy atom. The van der Waals surface area contributed by atoms with Gasteiger partial charge < -0.3 is 9.84 Å². The summed E-state index contributed by atoms with van der Waals surface area (Å²) in [6, 6.07) is 8.23. The van der Waals surface area contributed by atoms with Crippen LogP contribution in [0.5, 0.6) is 5.75 Å². The number of non-ortho nitro benzene ring substituents is 1. The van der Waals surface area contributed by atoms with Crippen LogP contribution in [0.25, 0.3) is 6.08 Å². The molecule has 0 saturated carbocycles. The molecule has 158 valence electrons. The van der Waals surface area contributed by atoms with Gasteiger partial charge in [0.25, 0.3) is 17.5 Å². The number of halogens is 1. The summed E-state index contributed by atoms with van der Waals surface area (Å²) in [5.74, 6) is -2.82. The Kier molecular flexibility index (Phi) is 6.11. The topological polar surface area (TPSA) is 156 Å². The number of carboxylic acids is 1. The predicted octanol–water partition coefficient (Wildman–Crippen LogP) is 2.49. The summed E-state index contributed by atoms with van der Waals surface area (Å²) < 4.78 is 5.46. The maximum absolute atomic E-state index is 12.9. The van der Waals surface area contributed by atoms with Crippen LogP contribution >= 0.6 is 15.9 Å². The first-order valence-electron chi connectivity index (χ1n) is 8.47. The van der Waals surface area contributed by atoms with Crippen LogP contribution in [0.4, 0.5) is 16.2 Å². The Labute approximate surface area is 182 Å². The second-order valence-electron chi connectivity index (χ2n) is 6.11. The number of carbonyl (C=O) groups excluding carboxylic acids is 3. The lowest BCUT2D eigenvalue weighted by atomic mass is 10.1. The lowest BCUT2D eigenvalue weighted by Gasteiger charge is -2.26. The van der Waals surface area contributed by atoms with Gasteiger partial charge in [-0.1, -0.05) is 12.1 Å². The number of benzene rings is 2. The minimum Gasteiger partial charge on any atom is -0.481 e. The second kappa shape index (κ2) is 8.75. The van der Waals surface area contributed by atoms with E-state index in [1.54, 1.807) is 0 Å². The van der Waals surface area contributed by atoms with Gasteiger partial charge in [0, 0.05) is 12.1 Å². The van der Waals surface area contributed by atoms with Crippen LogP contribution in [0, 0.1) is 10.1 Å². The fraction of sp³-hybridized carbons (Fsp3) is 0.0526. The molecule has 0 unspecified atom stereocenters. The van der Waals surface area contributed by atoms with Gasteiger partial charge in [0.15, 0.2) is 6.61 Å². The average molecular weight is 490 g/mol. The van der Waals surface area contributed by atoms with Crippen LogP contribution in [0.2, 0.25) is 0 Å². The van der Waals surface area contributed by atoms with Crippen LogP contribution in [-0.2, 0) is 14.4 Å². The molecule has 1 heterocycles. The van der Waals surface area contributed by atoms with E-state index in [4.69, 9.17) is 9.84 Å². The summed E-state index contributed by atoms with van der Waals surface area (Å²) >= 11 is 3.21. The molecule has 11 nitrogen and oxygen atoms in total. The third kappa shape index (κ3) is 4.75. The number of imide groups is 2. The molecule has 1 fully saturated rings. The Morgan fingerprint density at radius 1 is 1.23 bits per heavy atom. The summed E-state index contributed by atoms with van der Waals surface area (Å²) in [4.78, 5) is 58.9. The number of rotatable bonds is 6. The molecular formula is C19H12BrN3O8. The van der Waals surface area contributed by atoms with E-state index in [1.165, 1.54) is 42.5 Å². The van der Waals surface area contributed by atoms with E-state index in [1.807, 2.05) is 5.32 Å². The molecule has 2 aromatic carbocycles. The number of anilines is 1. The highest BCUT2D eigenvalue weighted by molar-refractivity contribution is 9.10. The number of hydrogen-bond donors (Lipinski definition) is 2. The number of urea groups is 1. The van der Waals surface area contributed by atoms with Crippen LogP contribution in [0.1, 0.15) is 5.56 Å². The van der Waals surface area contributed by atoms with Crippen molar-refractivity contribution in [2.75, 3.05) is 11.5 Å². The molecule has 4 amide bonds. The summed E-state index contributed by atoms with van der Waals surface area (Å²) in [6.45, 7) is -0.555. The van der Waals surface area contributed by atoms with Gasteiger partial charge in [-0.3, -0.25) is 25.0 Å². The highest BCUT2D eigenvalue weighted by atomic mass is 79.9. The number of nitro benzene ring substituents is 1. The van der Waals surface area contributed by atoms with Gasteiger partial charge in [-0.05, 0) is 45.8 Å². The smallest absolute Gasteiger partial charge is 0.341 e. The molecule has 0 atom stereocenters. The largest absolute Gasteiger partial charge is 0.481 e. The van der Waals surface area contributed by atoms with Crippen LogP contribution in [0.15, 0.2) is 52.5 Å². The van der Waals surface area contributed by atoms with Crippen LogP contribution in [0.3, 0.4) is 0 Å². The number of ether oxygens (including phenoxy) is 1. The van der Waals surface area contributed by atoms with Crippen molar-refractivity contribution >= 4 is 57.2 Å². The number of nitrogens with one attached hydrogen (secondary N) is 1. The molecule has 1 aliphatic heterocycles. The zero-order valence-corrected chi connectivity index (χ0v) is 17.0. The van der Waals surface area contributed by atoms with Crippen molar-refractivity contribution in [1.29, 1.82) is 0 Å². The molecule has 0 aliphatic carbocycles. The van der Waals surface area contributed by atoms with E-state index in [0.717, 1.165) is 6.07 Å². The zero-order valence-electron chi connectivity index (χ0n) is 15.4. The average Bonchev–Trinajstić information content (AvgIpc) is 2.70. The molecule has 1 aliphatic rings. The first-order chi connectivity index (χ1) is 14.7. The molecular weight excluding hydrogens is 478 g/mol. The highest BCUT2D eigenvalue weighted by Gasteiger charge is 2.37. The maximum Gasteiger partial charge on any atom is 0.341 e. The van der Waals surface area contributed by atoms with Crippen molar-refractivity contribution in [1.82, 2.24) is 5.32 Å². The molecule has 0 spiro atoms. The number of carbonyl (C=O) groups is 4. The monoisotopic (exact) mass is 489 g/mol. The van der Waals surface area contributed by atoms with E-state index in [0.29, 0.717) is 14.9 Å². The minimum atomic E-state index is -1.16. The van der Waals surface area contributed by atoms with Gasteiger partial charge in [-0.15, -0.1) is 0 Å². The first kappa shape index (κ1) is 21.6. The van der Waals surface area contributed by atoms with Gasteiger partial charge in [-0.2, -0.15) is 0 Å². The fourth-order valence-electron chi connectivity index (χ4n) is 2.67. The summed E-state index contributed by atoms with van der Waals surface area (Å²) in [7, 11) is 0. The molecule has 2 aromatic rings. The Morgan fingerprint density at radius 2 is 1.97 bits per heavy atom. The van der Waals surface area contributed by atoms with Crippen molar-refractivity contribution in [2.45, 2.75) is 0 Å². The normalized spacial score (nSPS) is 15.1. The van der Waals surface area contributed by atoms with E-state index in [-0.39, 0.29) is 22.7 Å². The van der Waals surface area contributed by atoms with E-state index < -0.39 is 35.3 Å². The first-order valence-corrected chi connectivity index (χ1v) is 9.26. The quantitative estimate of drug-likeness (QED) is 0.271. The summed E-state index contributed by atoms with van der Waals surface area (Å²) in [5, 5.41) is 21.7. The number of aliphatic carboxylic acids is 1. The molecule has 0 radical (unpaired) electrons.